The van der Waals surface area contributed by atoms with E-state index in [1.807, 2.05) is 9.80 Å². The van der Waals surface area contributed by atoms with E-state index in [0.29, 0.717) is 32.7 Å². The van der Waals surface area contributed by atoms with Crippen LogP contribution in [0.3, 0.4) is 0 Å². The van der Waals surface area contributed by atoms with Gasteiger partial charge in [0.2, 0.25) is 0 Å². The van der Waals surface area contributed by atoms with Crippen LogP contribution in [0.25, 0.3) is 0 Å². The monoisotopic (exact) mass is 401 g/mol. The van der Waals surface area contributed by atoms with E-state index < -0.39 is 36.0 Å². The first-order valence-electron chi connectivity index (χ1n) is 10.0. The SMILES string of the molecule is CCCCC1CN(C(C)C(=O)O)CCN(C(C)C(=O)O)CCN1C(C)C(=O)O. The Morgan fingerprint density at radius 3 is 1.79 bits per heavy atom. The van der Waals surface area contributed by atoms with Gasteiger partial charge in [0.25, 0.3) is 0 Å². The Labute approximate surface area is 166 Å². The number of carbonyl (C=O) groups is 3. The molecule has 1 heterocycles. The van der Waals surface area contributed by atoms with Crippen molar-refractivity contribution in [1.29, 1.82) is 0 Å². The van der Waals surface area contributed by atoms with Crippen LogP contribution in [0.2, 0.25) is 0 Å². The van der Waals surface area contributed by atoms with Crippen molar-refractivity contribution in [2.45, 2.75) is 71.1 Å². The van der Waals surface area contributed by atoms with Gasteiger partial charge in [0, 0.05) is 38.8 Å². The smallest absolute Gasteiger partial charge is 0.320 e. The average Bonchev–Trinajstić information content (AvgIpc) is 2.73. The van der Waals surface area contributed by atoms with Gasteiger partial charge in [-0.2, -0.15) is 0 Å². The van der Waals surface area contributed by atoms with E-state index in [-0.39, 0.29) is 6.04 Å². The van der Waals surface area contributed by atoms with Crippen molar-refractivity contribution < 1.29 is 29.7 Å². The fraction of sp³-hybridized carbons (Fsp3) is 0.842. The third-order valence-electron chi connectivity index (χ3n) is 5.79. The molecule has 1 fully saturated rings. The molecule has 1 saturated heterocycles. The highest BCUT2D eigenvalue weighted by Crippen LogP contribution is 2.18. The van der Waals surface area contributed by atoms with Gasteiger partial charge in [-0.05, 0) is 27.2 Å². The number of carboxylic acids is 3. The molecule has 0 aromatic heterocycles. The first-order valence-corrected chi connectivity index (χ1v) is 10.0. The normalized spacial score (nSPS) is 23.8. The zero-order valence-corrected chi connectivity index (χ0v) is 17.4. The van der Waals surface area contributed by atoms with Crippen molar-refractivity contribution in [2.24, 2.45) is 0 Å². The molecule has 0 saturated carbocycles. The van der Waals surface area contributed by atoms with E-state index in [2.05, 4.69) is 6.92 Å². The summed E-state index contributed by atoms with van der Waals surface area (Å²) in [6, 6.07) is -2.29. The van der Waals surface area contributed by atoms with Crippen LogP contribution in [0.4, 0.5) is 0 Å². The molecule has 0 amide bonds. The fourth-order valence-electron chi connectivity index (χ4n) is 3.66. The van der Waals surface area contributed by atoms with Crippen LogP contribution >= 0.6 is 0 Å². The van der Waals surface area contributed by atoms with Crippen molar-refractivity contribution in [2.75, 3.05) is 32.7 Å². The first kappa shape index (κ1) is 24.3. The molecule has 4 unspecified atom stereocenters. The van der Waals surface area contributed by atoms with Gasteiger partial charge in [-0.25, -0.2) is 0 Å². The summed E-state index contributed by atoms with van der Waals surface area (Å²) in [4.78, 5) is 40.3. The Hall–Kier alpha value is -1.71. The van der Waals surface area contributed by atoms with Crippen LogP contribution in [0.5, 0.6) is 0 Å². The Morgan fingerprint density at radius 1 is 0.821 bits per heavy atom. The third kappa shape index (κ3) is 6.72. The molecular weight excluding hydrogens is 366 g/mol. The minimum atomic E-state index is -0.947. The Morgan fingerprint density at radius 2 is 1.29 bits per heavy atom. The molecule has 0 aromatic carbocycles. The van der Waals surface area contributed by atoms with E-state index in [4.69, 9.17) is 0 Å². The van der Waals surface area contributed by atoms with Crippen LogP contribution in [-0.4, -0.2) is 105 Å². The topological polar surface area (TPSA) is 122 Å². The molecular formula is C19H35N3O6. The van der Waals surface area contributed by atoms with Crippen molar-refractivity contribution in [3.63, 3.8) is 0 Å². The molecule has 4 atom stereocenters. The second kappa shape index (κ2) is 11.3. The molecule has 1 aliphatic heterocycles. The zero-order valence-electron chi connectivity index (χ0n) is 17.4. The molecule has 9 nitrogen and oxygen atoms in total. The lowest BCUT2D eigenvalue weighted by Crippen LogP contribution is -2.53. The number of hydrogen-bond donors (Lipinski definition) is 3. The number of carboxylic acid groups (broad SMARTS) is 3. The van der Waals surface area contributed by atoms with Gasteiger partial charge in [0.1, 0.15) is 18.1 Å². The fourth-order valence-corrected chi connectivity index (χ4v) is 3.66. The maximum Gasteiger partial charge on any atom is 0.320 e. The van der Waals surface area contributed by atoms with Crippen molar-refractivity contribution >= 4 is 17.9 Å². The number of aliphatic carboxylic acids is 3. The Bertz CT molecular complexity index is 544. The van der Waals surface area contributed by atoms with Crippen molar-refractivity contribution in [3.8, 4) is 0 Å². The molecule has 0 bridgehead atoms. The molecule has 9 heteroatoms. The van der Waals surface area contributed by atoms with Crippen molar-refractivity contribution in [3.05, 3.63) is 0 Å². The van der Waals surface area contributed by atoms with Crippen LogP contribution in [0, 0.1) is 0 Å². The number of hydrogen-bond acceptors (Lipinski definition) is 6. The molecule has 3 N–H and O–H groups in total. The van der Waals surface area contributed by atoms with E-state index in [1.165, 1.54) is 0 Å². The Kier molecular flexibility index (Phi) is 9.84. The predicted molar refractivity (Wildman–Crippen MR) is 104 cm³/mol. The summed E-state index contributed by atoms with van der Waals surface area (Å²) in [5.41, 5.74) is 0. The van der Waals surface area contributed by atoms with Crippen molar-refractivity contribution in [1.82, 2.24) is 14.7 Å². The quantitative estimate of drug-likeness (QED) is 0.517. The number of unbranched alkanes of at least 4 members (excludes halogenated alkanes) is 1. The maximum absolute atomic E-state index is 11.7. The van der Waals surface area contributed by atoms with Crippen LogP contribution in [0.15, 0.2) is 0 Å². The largest absolute Gasteiger partial charge is 0.480 e. The predicted octanol–water partition coefficient (Wildman–Crippen LogP) is 0.884. The molecule has 0 radical (unpaired) electrons. The van der Waals surface area contributed by atoms with Crippen LogP contribution in [0.1, 0.15) is 47.0 Å². The number of nitrogens with zero attached hydrogens (tertiary/aromatic N) is 3. The van der Waals surface area contributed by atoms with Gasteiger partial charge in [-0.1, -0.05) is 19.8 Å². The zero-order chi connectivity index (χ0) is 21.4. The molecule has 28 heavy (non-hydrogen) atoms. The molecule has 0 spiro atoms. The van der Waals surface area contributed by atoms with E-state index in [9.17, 15) is 29.7 Å². The van der Waals surface area contributed by atoms with E-state index in [0.717, 1.165) is 19.3 Å². The standard InChI is InChI=1S/C19H35N3O6/c1-5-6-7-16-12-21(14(3)18(25)26)9-8-20(13(2)17(23)24)10-11-22(16)15(4)19(27)28/h13-16H,5-12H2,1-4H3,(H,23,24)(H,25,26)(H,27,28). The minimum absolute atomic E-state index is 0.104. The van der Waals surface area contributed by atoms with E-state index >= 15 is 0 Å². The average molecular weight is 402 g/mol. The van der Waals surface area contributed by atoms with Gasteiger partial charge in [-0.3, -0.25) is 29.1 Å². The lowest BCUT2D eigenvalue weighted by molar-refractivity contribution is -0.146. The van der Waals surface area contributed by atoms with Gasteiger partial charge in [-0.15, -0.1) is 0 Å². The lowest BCUT2D eigenvalue weighted by Gasteiger charge is -2.38. The van der Waals surface area contributed by atoms with Gasteiger partial charge in [0.15, 0.2) is 0 Å². The second-order valence-electron chi connectivity index (χ2n) is 7.61. The van der Waals surface area contributed by atoms with E-state index in [1.54, 1.807) is 25.7 Å². The van der Waals surface area contributed by atoms with Gasteiger partial charge < -0.3 is 15.3 Å². The van der Waals surface area contributed by atoms with Crippen LogP contribution in [-0.2, 0) is 14.4 Å². The third-order valence-corrected chi connectivity index (χ3v) is 5.79. The summed E-state index contributed by atoms with van der Waals surface area (Å²) in [5, 5.41) is 28.5. The molecule has 0 aromatic rings. The molecule has 0 aliphatic carbocycles. The summed E-state index contributed by atoms with van der Waals surface area (Å²) in [6.45, 7) is 9.04. The summed E-state index contributed by atoms with van der Waals surface area (Å²) >= 11 is 0. The number of rotatable bonds is 9. The summed E-state index contributed by atoms with van der Waals surface area (Å²) in [7, 11) is 0. The highest BCUT2D eigenvalue weighted by Gasteiger charge is 2.34. The summed E-state index contributed by atoms with van der Waals surface area (Å²) in [6.07, 6.45) is 2.64. The van der Waals surface area contributed by atoms with Crippen LogP contribution < -0.4 is 0 Å². The summed E-state index contributed by atoms with van der Waals surface area (Å²) in [5.74, 6) is -2.82. The highest BCUT2D eigenvalue weighted by molar-refractivity contribution is 5.74. The lowest BCUT2D eigenvalue weighted by atomic mass is 10.0. The summed E-state index contributed by atoms with van der Waals surface area (Å²) < 4.78 is 0. The van der Waals surface area contributed by atoms with Gasteiger partial charge >= 0.3 is 17.9 Å². The maximum atomic E-state index is 11.7. The molecule has 1 aliphatic rings. The Balaban J connectivity index is 3.22. The molecule has 1 rings (SSSR count). The minimum Gasteiger partial charge on any atom is -0.480 e. The molecule has 162 valence electrons. The first-order chi connectivity index (χ1) is 13.1. The highest BCUT2D eigenvalue weighted by atomic mass is 16.4. The second-order valence-corrected chi connectivity index (χ2v) is 7.61. The van der Waals surface area contributed by atoms with Gasteiger partial charge in [0.05, 0.1) is 0 Å².